The van der Waals surface area contributed by atoms with Crippen molar-refractivity contribution >= 4 is 0 Å². The lowest BCUT2D eigenvalue weighted by Gasteiger charge is -2.09. The fourth-order valence-corrected chi connectivity index (χ4v) is 1.18. The van der Waals surface area contributed by atoms with Gasteiger partial charge in [0.1, 0.15) is 12.4 Å². The summed E-state index contributed by atoms with van der Waals surface area (Å²) in [5.41, 5.74) is 1.18. The summed E-state index contributed by atoms with van der Waals surface area (Å²) < 4.78 is 10.9. The lowest BCUT2D eigenvalue weighted by Crippen LogP contribution is -2.09. The van der Waals surface area contributed by atoms with Crippen molar-refractivity contribution in [2.24, 2.45) is 0 Å². The Balaban J connectivity index is 2.45. The van der Waals surface area contributed by atoms with Crippen LogP contribution in [0, 0.1) is 0 Å². The van der Waals surface area contributed by atoms with E-state index in [1.54, 1.807) is 6.26 Å². The van der Waals surface area contributed by atoms with Crippen LogP contribution in [0.1, 0.15) is 31.6 Å². The van der Waals surface area contributed by atoms with E-state index in [2.05, 4.69) is 19.2 Å². The molecule has 0 aromatic carbocycles. The summed E-state index contributed by atoms with van der Waals surface area (Å²) in [4.78, 5) is 0. The molecule has 1 rings (SSSR count). The van der Waals surface area contributed by atoms with E-state index in [9.17, 15) is 0 Å². The molecule has 1 aromatic heterocycles. The molecule has 1 heterocycles. The SMILES string of the molecule is CCC(C)OCc1occc1CNC. The summed E-state index contributed by atoms with van der Waals surface area (Å²) in [5, 5.41) is 3.10. The first kappa shape index (κ1) is 11.3. The Morgan fingerprint density at radius 3 is 3.00 bits per heavy atom. The molecule has 3 nitrogen and oxygen atoms in total. The Hall–Kier alpha value is -0.800. The molecule has 0 fully saturated rings. The van der Waals surface area contributed by atoms with Crippen LogP contribution in [-0.4, -0.2) is 13.2 Å². The van der Waals surface area contributed by atoms with Crippen LogP contribution in [0.2, 0.25) is 0 Å². The highest BCUT2D eigenvalue weighted by atomic mass is 16.5. The van der Waals surface area contributed by atoms with E-state index in [0.717, 1.165) is 18.7 Å². The molecule has 0 aliphatic carbocycles. The van der Waals surface area contributed by atoms with Gasteiger partial charge in [-0.1, -0.05) is 6.92 Å². The predicted octanol–water partition coefficient (Wildman–Crippen LogP) is 2.31. The zero-order valence-electron chi connectivity index (χ0n) is 9.17. The van der Waals surface area contributed by atoms with E-state index in [0.29, 0.717) is 12.7 Å². The molecule has 0 amide bonds. The molecule has 1 N–H and O–H groups in total. The summed E-state index contributed by atoms with van der Waals surface area (Å²) in [5.74, 6) is 0.930. The van der Waals surface area contributed by atoms with Gasteiger partial charge in [-0.25, -0.2) is 0 Å². The first-order valence-electron chi connectivity index (χ1n) is 5.09. The third kappa shape index (κ3) is 3.16. The van der Waals surface area contributed by atoms with Crippen molar-refractivity contribution in [2.45, 2.75) is 39.5 Å². The number of nitrogens with one attached hydrogen (secondary N) is 1. The molecule has 1 atom stereocenters. The van der Waals surface area contributed by atoms with Crippen LogP contribution < -0.4 is 5.32 Å². The highest BCUT2D eigenvalue weighted by Crippen LogP contribution is 2.13. The summed E-state index contributed by atoms with van der Waals surface area (Å²) in [6, 6.07) is 1.98. The van der Waals surface area contributed by atoms with E-state index >= 15 is 0 Å². The zero-order chi connectivity index (χ0) is 10.4. The molecule has 0 aliphatic heterocycles. The Morgan fingerprint density at radius 2 is 2.36 bits per heavy atom. The molecule has 3 heteroatoms. The largest absolute Gasteiger partial charge is 0.467 e. The zero-order valence-corrected chi connectivity index (χ0v) is 9.17. The molecule has 1 unspecified atom stereocenters. The summed E-state index contributed by atoms with van der Waals surface area (Å²) >= 11 is 0. The molecular weight excluding hydrogens is 178 g/mol. The molecular formula is C11H19NO2. The summed E-state index contributed by atoms with van der Waals surface area (Å²) in [6.07, 6.45) is 3.03. The lowest BCUT2D eigenvalue weighted by atomic mass is 10.2. The van der Waals surface area contributed by atoms with E-state index in [-0.39, 0.29) is 0 Å². The molecule has 1 aromatic rings. The summed E-state index contributed by atoms with van der Waals surface area (Å²) in [7, 11) is 1.92. The average molecular weight is 197 g/mol. The fraction of sp³-hybridized carbons (Fsp3) is 0.636. The summed E-state index contributed by atoms with van der Waals surface area (Å²) in [6.45, 7) is 5.58. The smallest absolute Gasteiger partial charge is 0.133 e. The van der Waals surface area contributed by atoms with Gasteiger partial charge in [0, 0.05) is 12.1 Å². The molecule has 0 radical (unpaired) electrons. The minimum absolute atomic E-state index is 0.294. The maximum atomic E-state index is 5.60. The molecule has 0 saturated carbocycles. The van der Waals surface area contributed by atoms with Gasteiger partial charge in [-0.05, 0) is 26.5 Å². The van der Waals surface area contributed by atoms with Crippen molar-refractivity contribution in [3.05, 3.63) is 23.7 Å². The highest BCUT2D eigenvalue weighted by molar-refractivity contribution is 5.15. The standard InChI is InChI=1S/C11H19NO2/c1-4-9(2)14-8-11-10(7-12-3)5-6-13-11/h5-6,9,12H,4,7-8H2,1-3H3. The van der Waals surface area contributed by atoms with Crippen molar-refractivity contribution < 1.29 is 9.15 Å². The van der Waals surface area contributed by atoms with Gasteiger partial charge in [-0.15, -0.1) is 0 Å². The van der Waals surface area contributed by atoms with Crippen molar-refractivity contribution in [1.29, 1.82) is 0 Å². The molecule has 0 saturated heterocycles. The van der Waals surface area contributed by atoms with Gasteiger partial charge < -0.3 is 14.5 Å². The second kappa shape index (κ2) is 5.83. The molecule has 0 spiro atoms. The molecule has 80 valence electrons. The monoisotopic (exact) mass is 197 g/mol. The van der Waals surface area contributed by atoms with Crippen molar-refractivity contribution in [3.63, 3.8) is 0 Å². The van der Waals surface area contributed by atoms with E-state index in [1.165, 1.54) is 5.56 Å². The normalized spacial score (nSPS) is 13.1. The van der Waals surface area contributed by atoms with Gasteiger partial charge in [0.25, 0.3) is 0 Å². The quantitative estimate of drug-likeness (QED) is 0.760. The first-order valence-corrected chi connectivity index (χ1v) is 5.09. The Bertz CT molecular complexity index is 258. The second-order valence-electron chi connectivity index (χ2n) is 3.43. The van der Waals surface area contributed by atoms with Crippen LogP contribution in [-0.2, 0) is 17.9 Å². The van der Waals surface area contributed by atoms with Crippen LogP contribution >= 0.6 is 0 Å². The van der Waals surface area contributed by atoms with Crippen LogP contribution in [0.15, 0.2) is 16.7 Å². The van der Waals surface area contributed by atoms with Crippen molar-refractivity contribution in [2.75, 3.05) is 7.05 Å². The van der Waals surface area contributed by atoms with E-state index < -0.39 is 0 Å². The van der Waals surface area contributed by atoms with Gasteiger partial charge in [0.05, 0.1) is 12.4 Å². The third-order valence-corrected chi connectivity index (χ3v) is 2.28. The van der Waals surface area contributed by atoms with Gasteiger partial charge >= 0.3 is 0 Å². The van der Waals surface area contributed by atoms with E-state index in [1.807, 2.05) is 13.1 Å². The predicted molar refractivity (Wildman–Crippen MR) is 56.0 cm³/mol. The Kier molecular flexibility index (Phi) is 4.70. The maximum absolute atomic E-state index is 5.60. The minimum Gasteiger partial charge on any atom is -0.467 e. The Labute approximate surface area is 85.4 Å². The lowest BCUT2D eigenvalue weighted by molar-refractivity contribution is 0.0401. The van der Waals surface area contributed by atoms with Crippen LogP contribution in [0.4, 0.5) is 0 Å². The van der Waals surface area contributed by atoms with Crippen LogP contribution in [0.25, 0.3) is 0 Å². The average Bonchev–Trinajstić information content (AvgIpc) is 2.62. The van der Waals surface area contributed by atoms with Crippen LogP contribution in [0.3, 0.4) is 0 Å². The first-order chi connectivity index (χ1) is 6.77. The van der Waals surface area contributed by atoms with Crippen LogP contribution in [0.5, 0.6) is 0 Å². The molecule has 0 bridgehead atoms. The van der Waals surface area contributed by atoms with Gasteiger partial charge in [-0.3, -0.25) is 0 Å². The molecule has 14 heavy (non-hydrogen) atoms. The maximum Gasteiger partial charge on any atom is 0.133 e. The number of ether oxygens (including phenoxy) is 1. The minimum atomic E-state index is 0.294. The van der Waals surface area contributed by atoms with Gasteiger partial charge in [-0.2, -0.15) is 0 Å². The third-order valence-electron chi connectivity index (χ3n) is 2.28. The van der Waals surface area contributed by atoms with Crippen molar-refractivity contribution in [3.8, 4) is 0 Å². The van der Waals surface area contributed by atoms with Gasteiger partial charge in [0.2, 0.25) is 0 Å². The fourth-order valence-electron chi connectivity index (χ4n) is 1.18. The highest BCUT2D eigenvalue weighted by Gasteiger charge is 2.07. The molecule has 0 aliphatic rings. The Morgan fingerprint density at radius 1 is 1.57 bits per heavy atom. The topological polar surface area (TPSA) is 34.4 Å². The second-order valence-corrected chi connectivity index (χ2v) is 3.43. The van der Waals surface area contributed by atoms with Gasteiger partial charge in [0.15, 0.2) is 0 Å². The number of hydrogen-bond donors (Lipinski definition) is 1. The number of rotatable bonds is 6. The van der Waals surface area contributed by atoms with Crippen molar-refractivity contribution in [1.82, 2.24) is 5.32 Å². The number of furan rings is 1. The van der Waals surface area contributed by atoms with E-state index in [4.69, 9.17) is 9.15 Å². The number of hydrogen-bond acceptors (Lipinski definition) is 3.